The van der Waals surface area contributed by atoms with Crippen molar-refractivity contribution in [2.45, 2.75) is 19.5 Å². The average molecular weight is 434 g/mol. The summed E-state index contributed by atoms with van der Waals surface area (Å²) in [6.45, 7) is 1.57. The number of thiophene rings is 1. The monoisotopic (exact) mass is 433 g/mol. The fraction of sp³-hybridized carbons (Fsp3) is 0.182. The summed E-state index contributed by atoms with van der Waals surface area (Å²) >= 11 is 7.32. The van der Waals surface area contributed by atoms with E-state index in [1.54, 1.807) is 29.2 Å². The molecule has 2 aromatic heterocycles. The van der Waals surface area contributed by atoms with E-state index in [-0.39, 0.29) is 5.91 Å². The normalized spacial score (nSPS) is 12.6. The summed E-state index contributed by atoms with van der Waals surface area (Å²) < 4.78 is 0. The van der Waals surface area contributed by atoms with Gasteiger partial charge in [-0.3, -0.25) is 4.79 Å². The Bertz CT molecular complexity index is 1170. The molecule has 1 aliphatic rings. The zero-order valence-corrected chi connectivity index (χ0v) is 17.4. The van der Waals surface area contributed by atoms with Gasteiger partial charge < -0.3 is 10.2 Å². The Morgan fingerprint density at radius 1 is 1.20 bits per heavy atom. The van der Waals surface area contributed by atoms with Gasteiger partial charge in [0.25, 0.3) is 5.91 Å². The predicted molar refractivity (Wildman–Crippen MR) is 115 cm³/mol. The van der Waals surface area contributed by atoms with E-state index in [2.05, 4.69) is 22.4 Å². The third-order valence-electron chi connectivity index (χ3n) is 4.97. The molecule has 1 amide bonds. The van der Waals surface area contributed by atoms with Crippen molar-refractivity contribution in [3.05, 3.63) is 80.4 Å². The number of benzene rings is 1. The number of nitriles is 2. The lowest BCUT2D eigenvalue weighted by Gasteiger charge is -2.27. The molecule has 6 nitrogen and oxygen atoms in total. The van der Waals surface area contributed by atoms with Crippen molar-refractivity contribution in [1.82, 2.24) is 9.88 Å². The molecule has 0 spiro atoms. The van der Waals surface area contributed by atoms with Gasteiger partial charge in [0.1, 0.15) is 16.2 Å². The van der Waals surface area contributed by atoms with E-state index in [9.17, 15) is 10.1 Å². The molecular formula is C22H16ClN5OS. The van der Waals surface area contributed by atoms with Crippen LogP contribution >= 0.6 is 22.9 Å². The average Bonchev–Trinajstić information content (AvgIpc) is 3.14. The molecule has 1 N–H and O–H groups in total. The van der Waals surface area contributed by atoms with Gasteiger partial charge in [0.05, 0.1) is 29.3 Å². The van der Waals surface area contributed by atoms with Crippen LogP contribution in [0, 0.1) is 22.7 Å². The van der Waals surface area contributed by atoms with Crippen LogP contribution in [0.1, 0.15) is 37.5 Å². The fourth-order valence-electron chi connectivity index (χ4n) is 3.38. The van der Waals surface area contributed by atoms with Crippen LogP contribution in [-0.2, 0) is 19.5 Å². The third-order valence-corrected chi connectivity index (χ3v) is 6.36. The molecule has 0 radical (unpaired) electrons. The number of carbonyl (C=O) groups excluding carboxylic acids is 1. The number of pyridine rings is 1. The molecule has 0 aliphatic carbocycles. The second-order valence-electron chi connectivity index (χ2n) is 6.83. The number of nitrogens with zero attached hydrogens (tertiary/aromatic N) is 4. The summed E-state index contributed by atoms with van der Waals surface area (Å²) in [6, 6.07) is 15.0. The summed E-state index contributed by atoms with van der Waals surface area (Å²) in [5.41, 5.74) is 3.81. The summed E-state index contributed by atoms with van der Waals surface area (Å²) in [6.07, 6.45) is 2.12. The van der Waals surface area contributed by atoms with Crippen LogP contribution in [0.4, 0.5) is 5.00 Å². The molecule has 1 aliphatic heterocycles. The molecule has 8 heteroatoms. The number of hydrogen-bond donors (Lipinski definition) is 1. The number of nitrogens with one attached hydrogen (secondary N) is 1. The molecule has 30 heavy (non-hydrogen) atoms. The van der Waals surface area contributed by atoms with Crippen LogP contribution < -0.4 is 5.32 Å². The molecule has 4 rings (SSSR count). The maximum atomic E-state index is 12.8. The lowest BCUT2D eigenvalue weighted by atomic mass is 10.0. The number of hydrogen-bond acceptors (Lipinski definition) is 6. The highest BCUT2D eigenvalue weighted by Crippen LogP contribution is 2.37. The van der Waals surface area contributed by atoms with Crippen molar-refractivity contribution in [2.75, 3.05) is 11.9 Å². The highest BCUT2D eigenvalue weighted by molar-refractivity contribution is 7.16. The highest BCUT2D eigenvalue weighted by Gasteiger charge is 2.27. The SMILES string of the molecule is N#Cc1ccc(CNc2sc3c(c2C#N)CCN(C(=O)c2ccc(Cl)nc2)C3)cc1. The fourth-order valence-corrected chi connectivity index (χ4v) is 4.71. The maximum absolute atomic E-state index is 12.8. The van der Waals surface area contributed by atoms with Crippen LogP contribution in [0.3, 0.4) is 0 Å². The maximum Gasteiger partial charge on any atom is 0.255 e. The van der Waals surface area contributed by atoms with Crippen LogP contribution in [0.15, 0.2) is 42.6 Å². The number of carbonyl (C=O) groups is 1. The first kappa shape index (κ1) is 19.9. The lowest BCUT2D eigenvalue weighted by Crippen LogP contribution is -2.35. The topological polar surface area (TPSA) is 92.8 Å². The molecule has 0 unspecified atom stereocenters. The van der Waals surface area contributed by atoms with E-state index in [0.717, 1.165) is 21.0 Å². The van der Waals surface area contributed by atoms with Crippen LogP contribution in [0.2, 0.25) is 5.15 Å². The van der Waals surface area contributed by atoms with Gasteiger partial charge in [0.15, 0.2) is 0 Å². The van der Waals surface area contributed by atoms with Gasteiger partial charge >= 0.3 is 0 Å². The quantitative estimate of drug-likeness (QED) is 0.617. The van der Waals surface area contributed by atoms with Crippen molar-refractivity contribution in [1.29, 1.82) is 10.5 Å². The van der Waals surface area contributed by atoms with E-state index >= 15 is 0 Å². The minimum Gasteiger partial charge on any atom is -0.372 e. The van der Waals surface area contributed by atoms with Crippen LogP contribution in [0.25, 0.3) is 0 Å². The van der Waals surface area contributed by atoms with Gasteiger partial charge in [-0.15, -0.1) is 11.3 Å². The smallest absolute Gasteiger partial charge is 0.255 e. The molecule has 3 heterocycles. The number of rotatable bonds is 4. The number of halogens is 1. The minimum absolute atomic E-state index is 0.0937. The number of anilines is 1. The summed E-state index contributed by atoms with van der Waals surface area (Å²) in [4.78, 5) is 19.6. The van der Waals surface area contributed by atoms with Crippen molar-refractivity contribution < 1.29 is 4.79 Å². The van der Waals surface area contributed by atoms with Crippen LogP contribution in [-0.4, -0.2) is 22.3 Å². The lowest BCUT2D eigenvalue weighted by molar-refractivity contribution is 0.0736. The Hall–Kier alpha value is -3.39. The van der Waals surface area contributed by atoms with Crippen molar-refractivity contribution in [3.63, 3.8) is 0 Å². The predicted octanol–water partition coefficient (Wildman–Crippen LogP) is 4.35. The van der Waals surface area contributed by atoms with E-state index in [1.807, 2.05) is 12.1 Å². The van der Waals surface area contributed by atoms with Gasteiger partial charge in [-0.25, -0.2) is 4.98 Å². The zero-order chi connectivity index (χ0) is 21.1. The summed E-state index contributed by atoms with van der Waals surface area (Å²) in [5.74, 6) is -0.0937. The molecular weight excluding hydrogens is 418 g/mol. The number of fused-ring (bicyclic) bond motifs is 1. The first-order valence-electron chi connectivity index (χ1n) is 9.27. The van der Waals surface area contributed by atoms with Gasteiger partial charge in [-0.2, -0.15) is 10.5 Å². The molecule has 0 bridgehead atoms. The second kappa shape index (κ2) is 8.54. The van der Waals surface area contributed by atoms with Crippen molar-refractivity contribution >= 4 is 33.8 Å². The molecule has 148 valence electrons. The number of amides is 1. The summed E-state index contributed by atoms with van der Waals surface area (Å²) in [7, 11) is 0. The molecule has 0 saturated heterocycles. The molecule has 0 saturated carbocycles. The first-order chi connectivity index (χ1) is 14.6. The Kier molecular flexibility index (Phi) is 5.67. The van der Waals surface area contributed by atoms with Gasteiger partial charge in [0.2, 0.25) is 0 Å². The summed E-state index contributed by atoms with van der Waals surface area (Å²) in [5, 5.41) is 23.1. The van der Waals surface area contributed by atoms with Gasteiger partial charge in [-0.05, 0) is 41.8 Å². The van der Waals surface area contributed by atoms with E-state index in [4.69, 9.17) is 16.9 Å². The van der Waals surface area contributed by atoms with E-state index in [1.165, 1.54) is 17.5 Å². The second-order valence-corrected chi connectivity index (χ2v) is 8.32. The largest absolute Gasteiger partial charge is 0.372 e. The Labute approximate surface area is 183 Å². The van der Waals surface area contributed by atoms with Crippen molar-refractivity contribution in [3.8, 4) is 12.1 Å². The van der Waals surface area contributed by atoms with Crippen molar-refractivity contribution in [2.24, 2.45) is 0 Å². The Balaban J connectivity index is 1.50. The third kappa shape index (κ3) is 3.99. The Morgan fingerprint density at radius 3 is 2.67 bits per heavy atom. The zero-order valence-electron chi connectivity index (χ0n) is 15.9. The minimum atomic E-state index is -0.0937. The van der Waals surface area contributed by atoms with Crippen LogP contribution in [0.5, 0.6) is 0 Å². The van der Waals surface area contributed by atoms with Gasteiger partial charge in [-0.1, -0.05) is 23.7 Å². The molecule has 1 aromatic carbocycles. The number of aromatic nitrogens is 1. The van der Waals surface area contributed by atoms with E-state index in [0.29, 0.717) is 47.9 Å². The Morgan fingerprint density at radius 2 is 2.00 bits per heavy atom. The standard InChI is InChI=1S/C22H16ClN5OS/c23-20-6-5-16(12-26-20)22(29)28-8-7-17-18(10-25)21(30-19(17)13-28)27-11-15-3-1-14(9-24)2-4-15/h1-6,12,27H,7-8,11,13H2. The van der Waals surface area contributed by atoms with E-state index < -0.39 is 0 Å². The molecule has 0 atom stereocenters. The highest BCUT2D eigenvalue weighted by atomic mass is 35.5. The molecule has 0 fully saturated rings. The van der Waals surface area contributed by atoms with Gasteiger partial charge in [0, 0.05) is 24.2 Å². The molecule has 3 aromatic rings. The first-order valence-corrected chi connectivity index (χ1v) is 10.5.